The van der Waals surface area contributed by atoms with Gasteiger partial charge in [-0.2, -0.15) is 0 Å². The molecule has 2 aliphatic rings. The first kappa shape index (κ1) is 9.59. The third-order valence-electron chi connectivity index (χ3n) is 2.89. The van der Waals surface area contributed by atoms with Gasteiger partial charge in [0.1, 0.15) is 0 Å². The summed E-state index contributed by atoms with van der Waals surface area (Å²) in [5.74, 6) is 2.03. The normalized spacial score (nSPS) is 36.3. The zero-order chi connectivity index (χ0) is 7.14. The molecule has 0 aromatic rings. The molecule has 11 heavy (non-hydrogen) atoms. The molecule has 2 atom stereocenters. The van der Waals surface area contributed by atoms with Gasteiger partial charge in [-0.15, -0.1) is 0 Å². The van der Waals surface area contributed by atoms with Gasteiger partial charge in [-0.3, -0.25) is 0 Å². The Kier molecular flexibility index (Phi) is 3.04. The van der Waals surface area contributed by atoms with Crippen LogP contribution in [0.3, 0.4) is 0 Å². The first-order chi connectivity index (χ1) is 4.79. The molecule has 1 aliphatic carbocycles. The maximum absolute atomic E-state index is 3.32. The predicted octanol–water partition coefficient (Wildman–Crippen LogP) is 0.153. The zero-order valence-corrected chi connectivity index (χ0v) is 8.64. The van der Waals surface area contributed by atoms with E-state index in [1.165, 1.54) is 19.5 Å². The van der Waals surface area contributed by atoms with Crippen molar-refractivity contribution >= 4 is 0 Å². The molecule has 0 spiro atoms. The summed E-state index contributed by atoms with van der Waals surface area (Å²) in [4.78, 5) is 2.36. The minimum atomic E-state index is 0. The van der Waals surface area contributed by atoms with Gasteiger partial charge < -0.3 is 10.2 Å². The van der Waals surface area contributed by atoms with E-state index in [4.69, 9.17) is 0 Å². The Morgan fingerprint density at radius 1 is 1.27 bits per heavy atom. The molecular formula is C8H16N2V. The summed E-state index contributed by atoms with van der Waals surface area (Å²) in [5.41, 5.74) is 0. The molecule has 0 aromatic carbocycles. The number of nitrogens with one attached hydrogen (secondary N) is 1. The third-order valence-corrected chi connectivity index (χ3v) is 2.89. The van der Waals surface area contributed by atoms with Crippen molar-refractivity contribution in [3.05, 3.63) is 0 Å². The summed E-state index contributed by atoms with van der Waals surface area (Å²) in [5, 5.41) is 3.32. The number of hydrogen-bond donors (Lipinski definition) is 1. The largest absolute Gasteiger partial charge is 0.316 e. The van der Waals surface area contributed by atoms with Gasteiger partial charge in [0.05, 0.1) is 0 Å². The molecule has 1 N–H and O–H groups in total. The van der Waals surface area contributed by atoms with Crippen LogP contribution < -0.4 is 5.32 Å². The molecule has 2 fully saturated rings. The zero-order valence-electron chi connectivity index (χ0n) is 7.25. The van der Waals surface area contributed by atoms with Gasteiger partial charge in [0.25, 0.3) is 0 Å². The topological polar surface area (TPSA) is 15.3 Å². The average Bonchev–Trinajstić information content (AvgIpc) is 2.40. The van der Waals surface area contributed by atoms with Gasteiger partial charge in [-0.05, 0) is 45.4 Å². The Bertz CT molecular complexity index is 134. The molecule has 1 saturated heterocycles. The quantitative estimate of drug-likeness (QED) is 0.668. The Labute approximate surface area is 80.6 Å². The van der Waals surface area contributed by atoms with Crippen molar-refractivity contribution in [3.8, 4) is 0 Å². The van der Waals surface area contributed by atoms with E-state index in [9.17, 15) is 0 Å². The summed E-state index contributed by atoms with van der Waals surface area (Å²) in [6, 6.07) is 0.909. The fraction of sp³-hybridized carbons (Fsp3) is 1.00. The molecule has 0 bridgehead atoms. The Morgan fingerprint density at radius 2 is 1.91 bits per heavy atom. The summed E-state index contributed by atoms with van der Waals surface area (Å²) in [6.07, 6.45) is 1.44. The van der Waals surface area contributed by atoms with Crippen molar-refractivity contribution in [2.75, 3.05) is 27.2 Å². The first-order valence-corrected chi connectivity index (χ1v) is 4.16. The summed E-state index contributed by atoms with van der Waals surface area (Å²) >= 11 is 0. The number of nitrogens with zero attached hydrogens (tertiary/aromatic N) is 1. The van der Waals surface area contributed by atoms with Crippen LogP contribution in [-0.4, -0.2) is 38.1 Å². The van der Waals surface area contributed by atoms with Crippen LogP contribution in [0.25, 0.3) is 0 Å². The van der Waals surface area contributed by atoms with Gasteiger partial charge in [-0.1, -0.05) is 0 Å². The molecule has 63 valence electrons. The van der Waals surface area contributed by atoms with Crippen LogP contribution in [0.2, 0.25) is 0 Å². The summed E-state index contributed by atoms with van der Waals surface area (Å²) in [6.45, 7) is 2.55. The van der Waals surface area contributed by atoms with Crippen molar-refractivity contribution in [1.82, 2.24) is 10.2 Å². The van der Waals surface area contributed by atoms with Crippen molar-refractivity contribution in [3.63, 3.8) is 0 Å². The van der Waals surface area contributed by atoms with Crippen LogP contribution in [0.5, 0.6) is 0 Å². The van der Waals surface area contributed by atoms with Gasteiger partial charge in [0.2, 0.25) is 0 Å². The second-order valence-electron chi connectivity index (χ2n) is 3.85. The smallest absolute Gasteiger partial charge is 0.0125 e. The molecule has 1 saturated carbocycles. The Hall–Kier alpha value is 0.504. The Morgan fingerprint density at radius 3 is 2.18 bits per heavy atom. The molecule has 0 aromatic heterocycles. The monoisotopic (exact) mass is 191 g/mol. The molecule has 2 rings (SSSR count). The van der Waals surface area contributed by atoms with Crippen molar-refractivity contribution < 1.29 is 18.6 Å². The minimum Gasteiger partial charge on any atom is -0.316 e. The van der Waals surface area contributed by atoms with E-state index in [0.717, 1.165) is 17.9 Å². The van der Waals surface area contributed by atoms with Gasteiger partial charge in [0.15, 0.2) is 0 Å². The summed E-state index contributed by atoms with van der Waals surface area (Å²) < 4.78 is 0. The molecule has 1 heterocycles. The fourth-order valence-corrected chi connectivity index (χ4v) is 1.91. The van der Waals surface area contributed by atoms with E-state index in [-0.39, 0.29) is 18.6 Å². The second-order valence-corrected chi connectivity index (χ2v) is 3.85. The molecule has 2 unspecified atom stereocenters. The van der Waals surface area contributed by atoms with Crippen molar-refractivity contribution in [2.24, 2.45) is 11.8 Å². The van der Waals surface area contributed by atoms with E-state index in [2.05, 4.69) is 24.3 Å². The van der Waals surface area contributed by atoms with E-state index in [0.29, 0.717) is 0 Å². The fourth-order valence-electron chi connectivity index (χ4n) is 1.91. The maximum atomic E-state index is 3.32. The van der Waals surface area contributed by atoms with Crippen LogP contribution >= 0.6 is 0 Å². The molecule has 1 aliphatic heterocycles. The van der Waals surface area contributed by atoms with Gasteiger partial charge >= 0.3 is 0 Å². The third kappa shape index (κ3) is 1.81. The number of rotatable bonds is 2. The van der Waals surface area contributed by atoms with Crippen LogP contribution in [0.4, 0.5) is 0 Å². The van der Waals surface area contributed by atoms with Crippen molar-refractivity contribution in [1.29, 1.82) is 0 Å². The van der Waals surface area contributed by atoms with Crippen LogP contribution in [-0.2, 0) is 18.6 Å². The predicted molar refractivity (Wildman–Crippen MR) is 41.9 cm³/mol. The summed E-state index contributed by atoms with van der Waals surface area (Å²) in [7, 11) is 4.38. The SMILES string of the molecule is CN(C)C1CC1C1CNC1.[V]. The van der Waals surface area contributed by atoms with E-state index in [1.807, 2.05) is 0 Å². The molecule has 0 amide bonds. The van der Waals surface area contributed by atoms with Crippen LogP contribution in [0.1, 0.15) is 6.42 Å². The Balaban J connectivity index is 0.000000605. The number of hydrogen-bond acceptors (Lipinski definition) is 2. The molecular weight excluding hydrogens is 175 g/mol. The second kappa shape index (κ2) is 3.48. The van der Waals surface area contributed by atoms with Gasteiger partial charge in [-0.25, -0.2) is 0 Å². The maximum Gasteiger partial charge on any atom is 0.0125 e. The molecule has 2 nitrogen and oxygen atoms in total. The van der Waals surface area contributed by atoms with E-state index < -0.39 is 0 Å². The van der Waals surface area contributed by atoms with E-state index >= 15 is 0 Å². The van der Waals surface area contributed by atoms with Crippen molar-refractivity contribution in [2.45, 2.75) is 12.5 Å². The molecule has 3 heteroatoms. The minimum absolute atomic E-state index is 0. The van der Waals surface area contributed by atoms with Crippen LogP contribution in [0.15, 0.2) is 0 Å². The van der Waals surface area contributed by atoms with E-state index in [1.54, 1.807) is 0 Å². The standard InChI is InChI=1S/C8H16N2.V/c1-10(2)8-3-7(8)6-4-9-5-6;/h6-9H,3-5H2,1-2H3;. The van der Waals surface area contributed by atoms with Crippen LogP contribution in [0, 0.1) is 11.8 Å². The first-order valence-electron chi connectivity index (χ1n) is 4.16. The molecule has 1 radical (unpaired) electrons. The van der Waals surface area contributed by atoms with Gasteiger partial charge in [0, 0.05) is 24.6 Å². The average molecular weight is 191 g/mol.